The van der Waals surface area contributed by atoms with Gasteiger partial charge in [0.05, 0.1) is 0 Å². The molecule has 2 saturated heterocycles. The van der Waals surface area contributed by atoms with Gasteiger partial charge in [0.2, 0.25) is 5.91 Å². The summed E-state index contributed by atoms with van der Waals surface area (Å²) in [6.07, 6.45) is 4.44. The van der Waals surface area contributed by atoms with E-state index in [1.807, 2.05) is 6.92 Å². The summed E-state index contributed by atoms with van der Waals surface area (Å²) in [4.78, 5) is 42.5. The molecule has 1 saturated carbocycles. The molecule has 0 radical (unpaired) electrons. The molecule has 1 aliphatic carbocycles. The molecule has 1 atom stereocenters. The number of rotatable bonds is 2. The van der Waals surface area contributed by atoms with E-state index < -0.39 is 5.54 Å². The van der Waals surface area contributed by atoms with Gasteiger partial charge < -0.3 is 15.1 Å². The number of imide groups is 1. The van der Waals surface area contributed by atoms with Crippen LogP contribution in [0.4, 0.5) is 4.79 Å². The van der Waals surface area contributed by atoms with E-state index in [0.717, 1.165) is 32.4 Å². The number of halogens is 1. The number of hydrogen-bond acceptors (Lipinski definition) is 4. The lowest BCUT2D eigenvalue weighted by molar-refractivity contribution is -0.141. The van der Waals surface area contributed by atoms with Crippen molar-refractivity contribution in [2.45, 2.75) is 50.6 Å². The molecule has 0 aromatic carbocycles. The molecule has 2 heterocycles. The predicted octanol–water partition coefficient (Wildman–Crippen LogP) is 0.825. The maximum atomic E-state index is 12.9. The minimum absolute atomic E-state index is 0. The van der Waals surface area contributed by atoms with Gasteiger partial charge >= 0.3 is 6.03 Å². The minimum atomic E-state index is -0.704. The first-order valence-electron chi connectivity index (χ1n) is 8.57. The summed E-state index contributed by atoms with van der Waals surface area (Å²) >= 11 is 0. The Morgan fingerprint density at radius 2 is 1.92 bits per heavy atom. The highest BCUT2D eigenvalue weighted by atomic mass is 35.5. The highest BCUT2D eigenvalue weighted by Gasteiger charge is 2.56. The first-order valence-corrected chi connectivity index (χ1v) is 8.57. The largest absolute Gasteiger partial charge is 0.336 e. The molecule has 7 nitrogen and oxygen atoms in total. The van der Waals surface area contributed by atoms with Crippen molar-refractivity contribution in [1.82, 2.24) is 20.0 Å². The number of carbonyl (C=O) groups excluding carboxylic acids is 3. The third-order valence-corrected chi connectivity index (χ3v) is 5.60. The van der Waals surface area contributed by atoms with Gasteiger partial charge in [0.25, 0.3) is 5.91 Å². The molecule has 1 N–H and O–H groups in total. The summed E-state index contributed by atoms with van der Waals surface area (Å²) in [6.45, 7) is 3.97. The van der Waals surface area contributed by atoms with Crippen molar-refractivity contribution in [1.29, 1.82) is 0 Å². The predicted molar refractivity (Wildman–Crippen MR) is 92.0 cm³/mol. The van der Waals surface area contributed by atoms with E-state index in [-0.39, 0.29) is 42.8 Å². The fourth-order valence-electron chi connectivity index (χ4n) is 4.11. The van der Waals surface area contributed by atoms with Gasteiger partial charge in [0.1, 0.15) is 12.1 Å². The molecular weight excluding hydrogens is 332 g/mol. The number of likely N-dealkylation sites (N-methyl/N-ethyl adjacent to an activating group) is 1. The summed E-state index contributed by atoms with van der Waals surface area (Å²) in [6, 6.07) is -0.238. The quantitative estimate of drug-likeness (QED) is 0.742. The molecule has 3 aliphatic rings. The van der Waals surface area contributed by atoms with Crippen molar-refractivity contribution in [2.75, 3.05) is 33.2 Å². The monoisotopic (exact) mass is 358 g/mol. The standard InChI is InChI=1S/C16H26N4O3.ClH/c1-12-10-17-8-9-19(12)13(21)11-20-14(22)16(18(2)15(20)23)6-4-3-5-7-16;/h12,17H,3-11H2,1-2H3;1H. The molecule has 0 aromatic heterocycles. The van der Waals surface area contributed by atoms with Crippen LogP contribution < -0.4 is 5.32 Å². The summed E-state index contributed by atoms with van der Waals surface area (Å²) in [5.74, 6) is -0.317. The third-order valence-electron chi connectivity index (χ3n) is 5.60. The third kappa shape index (κ3) is 2.99. The second kappa shape index (κ2) is 7.27. The van der Waals surface area contributed by atoms with Crippen molar-refractivity contribution in [3.8, 4) is 0 Å². The number of carbonyl (C=O) groups is 3. The van der Waals surface area contributed by atoms with Gasteiger partial charge in [-0.15, -0.1) is 12.4 Å². The Kier molecular flexibility index (Phi) is 5.75. The lowest BCUT2D eigenvalue weighted by Crippen LogP contribution is -2.55. The van der Waals surface area contributed by atoms with Crippen LogP contribution in [0.3, 0.4) is 0 Å². The van der Waals surface area contributed by atoms with Crippen molar-refractivity contribution >= 4 is 30.3 Å². The molecule has 1 spiro atoms. The Morgan fingerprint density at radius 3 is 2.54 bits per heavy atom. The van der Waals surface area contributed by atoms with Gasteiger partial charge in [-0.2, -0.15) is 0 Å². The van der Waals surface area contributed by atoms with E-state index >= 15 is 0 Å². The number of amides is 4. The average Bonchev–Trinajstić information content (AvgIpc) is 2.72. The number of nitrogens with one attached hydrogen (secondary N) is 1. The zero-order valence-electron chi connectivity index (χ0n) is 14.4. The molecule has 0 aromatic rings. The van der Waals surface area contributed by atoms with E-state index in [0.29, 0.717) is 19.4 Å². The van der Waals surface area contributed by atoms with Crippen molar-refractivity contribution in [3.63, 3.8) is 0 Å². The van der Waals surface area contributed by atoms with Gasteiger partial charge in [-0.1, -0.05) is 19.3 Å². The van der Waals surface area contributed by atoms with E-state index in [2.05, 4.69) is 5.32 Å². The van der Waals surface area contributed by atoms with E-state index in [9.17, 15) is 14.4 Å². The van der Waals surface area contributed by atoms with Crippen molar-refractivity contribution < 1.29 is 14.4 Å². The summed E-state index contributed by atoms with van der Waals surface area (Å²) in [7, 11) is 1.70. The van der Waals surface area contributed by atoms with E-state index in [4.69, 9.17) is 0 Å². The molecule has 3 rings (SSSR count). The molecule has 3 fully saturated rings. The first kappa shape index (κ1) is 19.0. The van der Waals surface area contributed by atoms with Crippen LogP contribution in [-0.4, -0.2) is 77.4 Å². The average molecular weight is 359 g/mol. The second-order valence-electron chi connectivity index (χ2n) is 6.97. The molecule has 1 unspecified atom stereocenters. The fourth-order valence-corrected chi connectivity index (χ4v) is 4.11. The number of urea groups is 1. The van der Waals surface area contributed by atoms with Crippen LogP contribution in [0.5, 0.6) is 0 Å². The number of nitrogens with zero attached hydrogens (tertiary/aromatic N) is 3. The molecule has 2 aliphatic heterocycles. The first-order chi connectivity index (χ1) is 11.0. The van der Waals surface area contributed by atoms with Gasteiger partial charge in [0.15, 0.2) is 0 Å². The van der Waals surface area contributed by atoms with Crippen LogP contribution in [0.15, 0.2) is 0 Å². The van der Waals surface area contributed by atoms with Crippen LogP contribution in [0.25, 0.3) is 0 Å². The highest BCUT2D eigenvalue weighted by Crippen LogP contribution is 2.39. The van der Waals surface area contributed by atoms with Crippen LogP contribution in [0, 0.1) is 0 Å². The van der Waals surface area contributed by atoms with Gasteiger partial charge in [-0.25, -0.2) is 4.79 Å². The number of hydrogen-bond donors (Lipinski definition) is 1. The molecule has 8 heteroatoms. The molecule has 24 heavy (non-hydrogen) atoms. The summed E-state index contributed by atoms with van der Waals surface area (Å²) in [5.41, 5.74) is -0.704. The van der Waals surface area contributed by atoms with E-state index in [1.54, 1.807) is 16.8 Å². The van der Waals surface area contributed by atoms with Crippen LogP contribution in [0.2, 0.25) is 0 Å². The SMILES string of the molecule is CC1CNCCN1C(=O)CN1C(=O)N(C)C2(CCCCC2)C1=O.Cl. The smallest absolute Gasteiger partial charge is 0.327 e. The van der Waals surface area contributed by atoms with Gasteiger partial charge in [-0.3, -0.25) is 14.5 Å². The Bertz CT molecular complexity index is 521. The van der Waals surface area contributed by atoms with Crippen molar-refractivity contribution in [2.24, 2.45) is 0 Å². The Hall–Kier alpha value is -1.34. The number of piperazine rings is 1. The Labute approximate surface area is 149 Å². The van der Waals surface area contributed by atoms with Crippen molar-refractivity contribution in [3.05, 3.63) is 0 Å². The Balaban J connectivity index is 0.00000208. The highest BCUT2D eigenvalue weighted by molar-refractivity contribution is 6.09. The topological polar surface area (TPSA) is 73.0 Å². The van der Waals surface area contributed by atoms with Crippen LogP contribution in [-0.2, 0) is 9.59 Å². The second-order valence-corrected chi connectivity index (χ2v) is 6.97. The van der Waals surface area contributed by atoms with Gasteiger partial charge in [0, 0.05) is 32.7 Å². The molecule has 0 bridgehead atoms. The zero-order valence-corrected chi connectivity index (χ0v) is 15.2. The lowest BCUT2D eigenvalue weighted by Gasteiger charge is -2.36. The summed E-state index contributed by atoms with van der Waals surface area (Å²) in [5, 5.41) is 3.23. The normalized spacial score (nSPS) is 26.8. The van der Waals surface area contributed by atoms with Crippen LogP contribution >= 0.6 is 12.4 Å². The fraction of sp³-hybridized carbons (Fsp3) is 0.812. The molecular formula is C16H27ClN4O3. The van der Waals surface area contributed by atoms with Gasteiger partial charge in [-0.05, 0) is 19.8 Å². The molecule has 4 amide bonds. The maximum absolute atomic E-state index is 12.9. The Morgan fingerprint density at radius 1 is 1.25 bits per heavy atom. The molecule has 136 valence electrons. The van der Waals surface area contributed by atoms with E-state index in [1.165, 1.54) is 4.90 Å². The maximum Gasteiger partial charge on any atom is 0.327 e. The lowest BCUT2D eigenvalue weighted by atomic mass is 9.81. The van der Waals surface area contributed by atoms with Crippen LogP contribution in [0.1, 0.15) is 39.0 Å². The zero-order chi connectivity index (χ0) is 16.6. The summed E-state index contributed by atoms with van der Waals surface area (Å²) < 4.78 is 0. The minimum Gasteiger partial charge on any atom is -0.336 e.